The molecule has 92 valence electrons. The average molecular weight is 300 g/mol. The number of benzene rings is 1. The van der Waals surface area contributed by atoms with Crippen LogP contribution in [0.4, 0.5) is 0 Å². The van der Waals surface area contributed by atoms with E-state index < -0.39 is 0 Å². The molecule has 0 saturated carbocycles. The van der Waals surface area contributed by atoms with Gasteiger partial charge in [-0.15, -0.1) is 0 Å². The van der Waals surface area contributed by atoms with Crippen LogP contribution in [-0.2, 0) is 6.54 Å². The van der Waals surface area contributed by atoms with Gasteiger partial charge in [-0.3, -0.25) is 0 Å². The molecule has 1 aromatic carbocycles. The summed E-state index contributed by atoms with van der Waals surface area (Å²) in [5.41, 5.74) is 2.52. The van der Waals surface area contributed by atoms with Crippen molar-refractivity contribution in [2.75, 3.05) is 0 Å². The van der Waals surface area contributed by atoms with Crippen LogP contribution in [-0.4, -0.2) is 14.7 Å². The minimum atomic E-state index is 0.493. The first kappa shape index (κ1) is 11.8. The maximum Gasteiger partial charge on any atom is 0.178 e. The van der Waals surface area contributed by atoms with Gasteiger partial charge in [-0.05, 0) is 24.4 Å². The number of imidazole rings is 1. The maximum absolute atomic E-state index is 6.02. The summed E-state index contributed by atoms with van der Waals surface area (Å²) >= 11 is 17.3. The van der Waals surface area contributed by atoms with Crippen LogP contribution in [0.25, 0.3) is 11.0 Å². The zero-order chi connectivity index (χ0) is 12.7. The summed E-state index contributed by atoms with van der Waals surface area (Å²) in [6.07, 6.45) is 1.53. The summed E-state index contributed by atoms with van der Waals surface area (Å²) in [6, 6.07) is 5.33. The zero-order valence-electron chi connectivity index (χ0n) is 8.98. The lowest BCUT2D eigenvalue weighted by atomic mass is 10.3. The van der Waals surface area contributed by atoms with Crippen LogP contribution in [0.3, 0.4) is 0 Å². The highest BCUT2D eigenvalue weighted by atomic mass is 35.5. The Morgan fingerprint density at radius 3 is 2.83 bits per heavy atom. The van der Waals surface area contributed by atoms with Gasteiger partial charge in [0.25, 0.3) is 0 Å². The molecule has 2 aromatic heterocycles. The Bertz CT molecular complexity index is 761. The van der Waals surface area contributed by atoms with Crippen molar-refractivity contribution in [2.24, 2.45) is 0 Å². The predicted molar refractivity (Wildman–Crippen MR) is 72.7 cm³/mol. The molecule has 7 heteroatoms. The van der Waals surface area contributed by atoms with Gasteiger partial charge in [-0.2, -0.15) is 0 Å². The topological polar surface area (TPSA) is 46.8 Å². The molecule has 18 heavy (non-hydrogen) atoms. The van der Waals surface area contributed by atoms with Crippen molar-refractivity contribution >= 4 is 46.5 Å². The van der Waals surface area contributed by atoms with Gasteiger partial charge in [0.2, 0.25) is 0 Å². The molecule has 0 aliphatic heterocycles. The monoisotopic (exact) mass is 299 g/mol. The Labute approximate surface area is 117 Å². The molecule has 0 saturated heterocycles. The minimum absolute atomic E-state index is 0.493. The molecule has 0 radical (unpaired) electrons. The van der Waals surface area contributed by atoms with E-state index in [1.54, 1.807) is 18.2 Å². The molecule has 0 aliphatic rings. The maximum atomic E-state index is 6.02. The standard InChI is InChI=1S/C11H7Cl2N3OS/c12-7-3-9-10(4-8(7)13)16(11(18)14-9)5-6-1-2-17-15-6/h1-4H,5H2,(H,14,18). The minimum Gasteiger partial charge on any atom is -0.364 e. The number of aromatic amines is 1. The fourth-order valence-electron chi connectivity index (χ4n) is 1.79. The Balaban J connectivity index is 2.19. The lowest BCUT2D eigenvalue weighted by Crippen LogP contribution is -1.99. The van der Waals surface area contributed by atoms with Gasteiger partial charge in [0.1, 0.15) is 12.0 Å². The first-order valence-electron chi connectivity index (χ1n) is 5.12. The zero-order valence-corrected chi connectivity index (χ0v) is 11.3. The highest BCUT2D eigenvalue weighted by Gasteiger charge is 2.09. The molecule has 0 spiro atoms. The van der Waals surface area contributed by atoms with Crippen LogP contribution >= 0.6 is 35.4 Å². The molecule has 3 aromatic rings. The van der Waals surface area contributed by atoms with Gasteiger partial charge in [0.15, 0.2) is 4.77 Å². The highest BCUT2D eigenvalue weighted by Crippen LogP contribution is 2.27. The van der Waals surface area contributed by atoms with Crippen LogP contribution in [0.2, 0.25) is 10.0 Å². The molecule has 0 unspecified atom stereocenters. The Morgan fingerprint density at radius 1 is 1.33 bits per heavy atom. The third kappa shape index (κ3) is 1.94. The molecule has 0 fully saturated rings. The van der Waals surface area contributed by atoms with Gasteiger partial charge in [0.05, 0.1) is 27.6 Å². The molecule has 2 heterocycles. The summed E-state index contributed by atoms with van der Waals surface area (Å²) < 4.78 is 7.29. The number of halogens is 2. The fourth-order valence-corrected chi connectivity index (χ4v) is 2.38. The predicted octanol–water partition coefficient (Wildman–Crippen LogP) is 4.04. The smallest absolute Gasteiger partial charge is 0.178 e. The van der Waals surface area contributed by atoms with Gasteiger partial charge in [-0.25, -0.2) is 0 Å². The van der Waals surface area contributed by atoms with Gasteiger partial charge in [0, 0.05) is 6.07 Å². The van der Waals surface area contributed by atoms with E-state index in [2.05, 4.69) is 10.1 Å². The van der Waals surface area contributed by atoms with Crippen LogP contribution in [0.5, 0.6) is 0 Å². The molecule has 0 atom stereocenters. The van der Waals surface area contributed by atoms with Crippen molar-refractivity contribution in [1.82, 2.24) is 14.7 Å². The SMILES string of the molecule is S=c1[nH]c2cc(Cl)c(Cl)cc2n1Cc1ccon1. The second-order valence-corrected chi connectivity index (χ2v) is 4.99. The van der Waals surface area contributed by atoms with E-state index in [1.807, 2.05) is 4.57 Å². The third-order valence-corrected chi connectivity index (χ3v) is 3.67. The largest absolute Gasteiger partial charge is 0.364 e. The van der Waals surface area contributed by atoms with Crippen molar-refractivity contribution < 1.29 is 4.52 Å². The number of H-pyrrole nitrogens is 1. The number of aromatic nitrogens is 3. The molecular formula is C11H7Cl2N3OS. The molecule has 0 bridgehead atoms. The lowest BCUT2D eigenvalue weighted by molar-refractivity contribution is 0.410. The highest BCUT2D eigenvalue weighted by molar-refractivity contribution is 7.71. The van der Waals surface area contributed by atoms with Gasteiger partial charge < -0.3 is 14.1 Å². The molecule has 3 rings (SSSR count). The Hall–Kier alpha value is -1.30. The van der Waals surface area contributed by atoms with Crippen LogP contribution in [0.15, 0.2) is 29.0 Å². The quantitative estimate of drug-likeness (QED) is 0.726. The van der Waals surface area contributed by atoms with E-state index in [0.717, 1.165) is 16.7 Å². The van der Waals surface area contributed by atoms with Gasteiger partial charge in [-0.1, -0.05) is 28.4 Å². The number of nitrogens with zero attached hydrogens (tertiary/aromatic N) is 2. The number of rotatable bonds is 2. The van der Waals surface area contributed by atoms with Crippen molar-refractivity contribution in [3.05, 3.63) is 45.0 Å². The normalized spacial score (nSPS) is 11.2. The van der Waals surface area contributed by atoms with E-state index in [1.165, 1.54) is 6.26 Å². The van der Waals surface area contributed by atoms with E-state index >= 15 is 0 Å². The summed E-state index contributed by atoms with van der Waals surface area (Å²) in [5, 5.41) is 4.85. The summed E-state index contributed by atoms with van der Waals surface area (Å²) in [5.74, 6) is 0. The van der Waals surface area contributed by atoms with Crippen LogP contribution in [0.1, 0.15) is 5.69 Å². The number of hydrogen-bond donors (Lipinski definition) is 1. The lowest BCUT2D eigenvalue weighted by Gasteiger charge is -2.02. The first-order valence-corrected chi connectivity index (χ1v) is 6.28. The molecular weight excluding hydrogens is 293 g/mol. The summed E-state index contributed by atoms with van der Waals surface area (Å²) in [6.45, 7) is 0.521. The van der Waals surface area contributed by atoms with Crippen LogP contribution in [0, 0.1) is 4.77 Å². The third-order valence-electron chi connectivity index (χ3n) is 2.63. The molecule has 1 N–H and O–H groups in total. The summed E-state index contributed by atoms with van der Waals surface area (Å²) in [4.78, 5) is 3.08. The Morgan fingerprint density at radius 2 is 2.11 bits per heavy atom. The fraction of sp³-hybridized carbons (Fsp3) is 0.0909. The van der Waals surface area contributed by atoms with Crippen molar-refractivity contribution in [1.29, 1.82) is 0 Å². The van der Waals surface area contributed by atoms with E-state index in [-0.39, 0.29) is 0 Å². The molecule has 4 nitrogen and oxygen atoms in total. The summed E-state index contributed by atoms with van der Waals surface area (Å²) in [7, 11) is 0. The number of hydrogen-bond acceptors (Lipinski definition) is 3. The first-order chi connectivity index (χ1) is 8.65. The number of fused-ring (bicyclic) bond motifs is 1. The average Bonchev–Trinajstić information content (AvgIpc) is 2.92. The van der Waals surface area contributed by atoms with Crippen LogP contribution < -0.4 is 0 Å². The number of nitrogens with one attached hydrogen (secondary N) is 1. The molecule has 0 amide bonds. The second kappa shape index (κ2) is 4.42. The molecule has 0 aliphatic carbocycles. The van der Waals surface area contributed by atoms with Crippen molar-refractivity contribution in [3.63, 3.8) is 0 Å². The van der Waals surface area contributed by atoms with Crippen molar-refractivity contribution in [3.8, 4) is 0 Å². The Kier molecular flexibility index (Phi) is 2.89. The van der Waals surface area contributed by atoms with E-state index in [9.17, 15) is 0 Å². The second-order valence-electron chi connectivity index (χ2n) is 3.79. The van der Waals surface area contributed by atoms with E-state index in [4.69, 9.17) is 39.9 Å². The van der Waals surface area contributed by atoms with Gasteiger partial charge >= 0.3 is 0 Å². The van der Waals surface area contributed by atoms with Crippen molar-refractivity contribution in [2.45, 2.75) is 6.54 Å². The van der Waals surface area contributed by atoms with E-state index in [0.29, 0.717) is 21.4 Å².